The first-order valence-corrected chi connectivity index (χ1v) is 6.20. The summed E-state index contributed by atoms with van der Waals surface area (Å²) < 4.78 is 9.99. The standard InChI is InChI=1S/C12H24N2O3/c1-12(4-3-5-13-9-12)10-14-11(15)8-17-7-6-16-2/h13H,3-10H2,1-2H3,(H,14,15). The third kappa shape index (κ3) is 6.00. The zero-order valence-corrected chi connectivity index (χ0v) is 10.9. The second-order valence-corrected chi connectivity index (χ2v) is 4.91. The molecule has 1 atom stereocenters. The first kappa shape index (κ1) is 14.4. The fourth-order valence-corrected chi connectivity index (χ4v) is 1.94. The minimum atomic E-state index is -0.0482. The summed E-state index contributed by atoms with van der Waals surface area (Å²) in [4.78, 5) is 11.5. The molecule has 100 valence electrons. The lowest BCUT2D eigenvalue weighted by Crippen LogP contribution is -2.46. The van der Waals surface area contributed by atoms with Crippen LogP contribution in [0.25, 0.3) is 0 Å². The predicted molar refractivity (Wildman–Crippen MR) is 65.9 cm³/mol. The maximum atomic E-state index is 11.5. The van der Waals surface area contributed by atoms with E-state index in [0.29, 0.717) is 19.8 Å². The maximum absolute atomic E-state index is 11.5. The van der Waals surface area contributed by atoms with E-state index in [0.717, 1.165) is 19.5 Å². The number of rotatable bonds is 7. The van der Waals surface area contributed by atoms with Gasteiger partial charge < -0.3 is 20.1 Å². The number of hydrogen-bond acceptors (Lipinski definition) is 4. The Morgan fingerprint density at radius 2 is 2.29 bits per heavy atom. The van der Waals surface area contributed by atoms with Crippen LogP contribution in [0, 0.1) is 5.41 Å². The molecule has 5 nitrogen and oxygen atoms in total. The van der Waals surface area contributed by atoms with E-state index in [1.165, 1.54) is 6.42 Å². The summed E-state index contributed by atoms with van der Waals surface area (Å²) in [6.07, 6.45) is 2.33. The zero-order chi connectivity index (χ0) is 12.6. The number of carbonyl (C=O) groups excluding carboxylic acids is 1. The normalized spacial score (nSPS) is 24.6. The van der Waals surface area contributed by atoms with Gasteiger partial charge in [-0.3, -0.25) is 4.79 Å². The highest BCUT2D eigenvalue weighted by atomic mass is 16.5. The molecule has 1 rings (SSSR count). The quantitative estimate of drug-likeness (QED) is 0.626. The summed E-state index contributed by atoms with van der Waals surface area (Å²) in [5.41, 5.74) is 0.181. The molecule has 0 aromatic rings. The molecule has 5 heteroatoms. The Bertz CT molecular complexity index is 228. The Morgan fingerprint density at radius 1 is 1.47 bits per heavy atom. The number of carbonyl (C=O) groups is 1. The fraction of sp³-hybridized carbons (Fsp3) is 0.917. The van der Waals surface area contributed by atoms with Crippen molar-refractivity contribution < 1.29 is 14.3 Å². The molecule has 0 radical (unpaired) electrons. The van der Waals surface area contributed by atoms with E-state index >= 15 is 0 Å². The average Bonchev–Trinajstić information content (AvgIpc) is 2.33. The van der Waals surface area contributed by atoms with Crippen molar-refractivity contribution in [2.45, 2.75) is 19.8 Å². The van der Waals surface area contributed by atoms with Crippen molar-refractivity contribution in [3.05, 3.63) is 0 Å². The predicted octanol–water partition coefficient (Wildman–Crippen LogP) is 0.155. The van der Waals surface area contributed by atoms with E-state index in [2.05, 4.69) is 17.6 Å². The van der Waals surface area contributed by atoms with Crippen LogP contribution in [0.2, 0.25) is 0 Å². The van der Waals surface area contributed by atoms with Gasteiger partial charge in [-0.25, -0.2) is 0 Å². The summed E-state index contributed by atoms with van der Waals surface area (Å²) in [6, 6.07) is 0. The minimum Gasteiger partial charge on any atom is -0.382 e. The second kappa shape index (κ2) is 7.63. The van der Waals surface area contributed by atoms with Gasteiger partial charge in [0.2, 0.25) is 5.91 Å². The zero-order valence-electron chi connectivity index (χ0n) is 10.9. The largest absolute Gasteiger partial charge is 0.382 e. The number of hydrogen-bond donors (Lipinski definition) is 2. The SMILES string of the molecule is COCCOCC(=O)NCC1(C)CCCNC1. The maximum Gasteiger partial charge on any atom is 0.246 e. The smallest absolute Gasteiger partial charge is 0.246 e. The van der Waals surface area contributed by atoms with Crippen LogP contribution in [-0.2, 0) is 14.3 Å². The van der Waals surface area contributed by atoms with Gasteiger partial charge in [0.1, 0.15) is 6.61 Å². The molecule has 1 fully saturated rings. The molecule has 1 aliphatic rings. The molecule has 2 N–H and O–H groups in total. The van der Waals surface area contributed by atoms with Crippen molar-refractivity contribution in [2.24, 2.45) is 5.41 Å². The van der Waals surface area contributed by atoms with E-state index in [9.17, 15) is 4.79 Å². The van der Waals surface area contributed by atoms with Gasteiger partial charge in [0.05, 0.1) is 13.2 Å². The number of piperidine rings is 1. The van der Waals surface area contributed by atoms with Gasteiger partial charge in [0, 0.05) is 20.2 Å². The van der Waals surface area contributed by atoms with Crippen LogP contribution in [0.4, 0.5) is 0 Å². The van der Waals surface area contributed by atoms with Crippen LogP contribution < -0.4 is 10.6 Å². The lowest BCUT2D eigenvalue weighted by Gasteiger charge is -2.34. The van der Waals surface area contributed by atoms with Crippen LogP contribution in [0.5, 0.6) is 0 Å². The number of nitrogens with one attached hydrogen (secondary N) is 2. The Kier molecular flexibility index (Phi) is 6.47. The Balaban J connectivity index is 2.10. The fourth-order valence-electron chi connectivity index (χ4n) is 1.94. The summed E-state index contributed by atoms with van der Waals surface area (Å²) in [6.45, 7) is 6.07. The van der Waals surface area contributed by atoms with Crippen LogP contribution in [-0.4, -0.2) is 52.5 Å². The average molecular weight is 244 g/mol. The van der Waals surface area contributed by atoms with Crippen molar-refractivity contribution in [1.82, 2.24) is 10.6 Å². The Hall–Kier alpha value is -0.650. The van der Waals surface area contributed by atoms with Gasteiger partial charge in [-0.15, -0.1) is 0 Å². The molecule has 1 amide bonds. The molecule has 0 bridgehead atoms. The second-order valence-electron chi connectivity index (χ2n) is 4.91. The highest BCUT2D eigenvalue weighted by Crippen LogP contribution is 2.23. The van der Waals surface area contributed by atoms with Crippen LogP contribution in [0.3, 0.4) is 0 Å². The molecule has 0 spiro atoms. The summed E-state index contributed by atoms with van der Waals surface area (Å²) in [5.74, 6) is -0.0482. The van der Waals surface area contributed by atoms with Crippen molar-refractivity contribution in [1.29, 1.82) is 0 Å². The molecule has 1 heterocycles. The van der Waals surface area contributed by atoms with Gasteiger partial charge in [0.25, 0.3) is 0 Å². The Morgan fingerprint density at radius 3 is 2.94 bits per heavy atom. The topological polar surface area (TPSA) is 59.6 Å². The summed E-state index contributed by atoms with van der Waals surface area (Å²) >= 11 is 0. The molecule has 0 aromatic heterocycles. The molecule has 0 aliphatic carbocycles. The number of amides is 1. The monoisotopic (exact) mass is 244 g/mol. The van der Waals surface area contributed by atoms with Crippen molar-refractivity contribution in [3.8, 4) is 0 Å². The number of methoxy groups -OCH3 is 1. The minimum absolute atomic E-state index is 0.0482. The van der Waals surface area contributed by atoms with Crippen LogP contribution >= 0.6 is 0 Å². The first-order chi connectivity index (χ1) is 8.16. The molecule has 1 saturated heterocycles. The van der Waals surface area contributed by atoms with Crippen molar-refractivity contribution >= 4 is 5.91 Å². The third-order valence-corrected chi connectivity index (χ3v) is 3.06. The van der Waals surface area contributed by atoms with Gasteiger partial charge in [-0.2, -0.15) is 0 Å². The van der Waals surface area contributed by atoms with Crippen molar-refractivity contribution in [3.63, 3.8) is 0 Å². The molecule has 0 aromatic carbocycles. The van der Waals surface area contributed by atoms with Gasteiger partial charge in [-0.05, 0) is 24.8 Å². The van der Waals surface area contributed by atoms with E-state index in [1.807, 2.05) is 0 Å². The van der Waals surface area contributed by atoms with Crippen LogP contribution in [0.1, 0.15) is 19.8 Å². The molecule has 1 aliphatic heterocycles. The van der Waals surface area contributed by atoms with Gasteiger partial charge >= 0.3 is 0 Å². The van der Waals surface area contributed by atoms with Crippen LogP contribution in [0.15, 0.2) is 0 Å². The lowest BCUT2D eigenvalue weighted by atomic mass is 9.83. The lowest BCUT2D eigenvalue weighted by molar-refractivity contribution is -0.126. The van der Waals surface area contributed by atoms with Crippen molar-refractivity contribution in [2.75, 3.05) is 46.6 Å². The molecular weight excluding hydrogens is 220 g/mol. The third-order valence-electron chi connectivity index (χ3n) is 3.06. The molecule has 1 unspecified atom stereocenters. The van der Waals surface area contributed by atoms with E-state index in [1.54, 1.807) is 7.11 Å². The highest BCUT2D eigenvalue weighted by Gasteiger charge is 2.26. The van der Waals surface area contributed by atoms with E-state index in [4.69, 9.17) is 9.47 Å². The summed E-state index contributed by atoms with van der Waals surface area (Å²) in [5, 5.41) is 6.28. The van der Waals surface area contributed by atoms with E-state index < -0.39 is 0 Å². The van der Waals surface area contributed by atoms with Gasteiger partial charge in [0.15, 0.2) is 0 Å². The molecule has 0 saturated carbocycles. The highest BCUT2D eigenvalue weighted by molar-refractivity contribution is 5.77. The summed E-state index contributed by atoms with van der Waals surface area (Å²) in [7, 11) is 1.61. The number of ether oxygens (including phenoxy) is 2. The van der Waals surface area contributed by atoms with Gasteiger partial charge in [-0.1, -0.05) is 6.92 Å². The van der Waals surface area contributed by atoms with E-state index in [-0.39, 0.29) is 17.9 Å². The Labute approximate surface area is 103 Å². The first-order valence-electron chi connectivity index (χ1n) is 6.20. The molecular formula is C12H24N2O3. The molecule has 17 heavy (non-hydrogen) atoms.